The van der Waals surface area contributed by atoms with Crippen LogP contribution in [0.5, 0.6) is 0 Å². The van der Waals surface area contributed by atoms with Gasteiger partial charge in [0.25, 0.3) is 0 Å². The zero-order valence-electron chi connectivity index (χ0n) is 11.1. The molecule has 1 rings (SSSR count). The van der Waals surface area contributed by atoms with Crippen LogP contribution in [0.1, 0.15) is 5.56 Å². The highest BCUT2D eigenvalue weighted by Crippen LogP contribution is 2.46. The number of rotatable bonds is 7. The molecule has 0 spiro atoms. The van der Waals surface area contributed by atoms with Gasteiger partial charge >= 0.3 is 16.9 Å². The zero-order valence-corrected chi connectivity index (χ0v) is 13.1. The van der Waals surface area contributed by atoms with Gasteiger partial charge in [-0.05, 0) is 11.6 Å². The Morgan fingerprint density at radius 1 is 1.06 bits per heavy atom. The Bertz CT molecular complexity index is 414. The third kappa shape index (κ3) is 3.51. The van der Waals surface area contributed by atoms with E-state index < -0.39 is 16.9 Å². The van der Waals surface area contributed by atoms with E-state index in [0.29, 0.717) is 11.3 Å². The van der Waals surface area contributed by atoms with Gasteiger partial charge in [-0.1, -0.05) is 18.2 Å². The molecule has 1 aromatic carbocycles. The molecule has 18 heavy (non-hydrogen) atoms. The van der Waals surface area contributed by atoms with Gasteiger partial charge in [0.15, 0.2) is 0 Å². The second-order valence-electron chi connectivity index (χ2n) is 3.60. The fourth-order valence-corrected chi connectivity index (χ4v) is 4.41. The first-order valence-electron chi connectivity index (χ1n) is 5.46. The number of hydrogen-bond donors (Lipinski definition) is 0. The minimum atomic E-state index is -3.24. The highest BCUT2D eigenvalue weighted by Gasteiger charge is 2.28. The summed E-state index contributed by atoms with van der Waals surface area (Å²) in [5, 5.41) is 0.571. The lowest BCUT2D eigenvalue weighted by Gasteiger charge is -2.19. The van der Waals surface area contributed by atoms with Gasteiger partial charge in [-0.25, -0.2) is 0 Å². The maximum absolute atomic E-state index is 12.4. The molecule has 0 bridgehead atoms. The van der Waals surface area contributed by atoms with Gasteiger partial charge in [-0.3, -0.25) is 4.57 Å². The molecule has 0 radical (unpaired) electrons. The van der Waals surface area contributed by atoms with E-state index in [1.807, 2.05) is 12.1 Å². The van der Waals surface area contributed by atoms with Crippen LogP contribution in [0.15, 0.2) is 24.3 Å². The smallest absolute Gasteiger partial charge is 0.361 e. The summed E-state index contributed by atoms with van der Waals surface area (Å²) in [6.07, 6.45) is 0. The first-order chi connectivity index (χ1) is 8.61. The molecule has 0 aliphatic heterocycles. The van der Waals surface area contributed by atoms with Gasteiger partial charge in [0.05, 0.1) is 5.30 Å². The standard InChI is InChI=1S/C11H19O5PSi/c1-13-17(12,14-2)11-8-6-5-7-10(11)9-18(15-3)16-4/h5-8,18H,9H2,1-4H3. The summed E-state index contributed by atoms with van der Waals surface area (Å²) in [4.78, 5) is 0. The van der Waals surface area contributed by atoms with E-state index >= 15 is 0 Å². The Labute approximate surface area is 109 Å². The van der Waals surface area contributed by atoms with Gasteiger partial charge in [0.1, 0.15) is 0 Å². The lowest BCUT2D eigenvalue weighted by atomic mass is 10.2. The highest BCUT2D eigenvalue weighted by atomic mass is 31.2. The average Bonchev–Trinajstić information content (AvgIpc) is 2.44. The molecule has 0 fully saturated rings. The topological polar surface area (TPSA) is 54.0 Å². The molecule has 102 valence electrons. The van der Waals surface area contributed by atoms with E-state index in [1.165, 1.54) is 14.2 Å². The van der Waals surface area contributed by atoms with Crippen LogP contribution in [-0.2, 0) is 28.5 Å². The van der Waals surface area contributed by atoms with E-state index in [9.17, 15) is 4.57 Å². The molecule has 0 amide bonds. The van der Waals surface area contributed by atoms with Gasteiger partial charge in [0.2, 0.25) is 0 Å². The van der Waals surface area contributed by atoms with Gasteiger partial charge in [-0.2, -0.15) is 0 Å². The molecule has 0 saturated carbocycles. The van der Waals surface area contributed by atoms with Crippen LogP contribution in [0.2, 0.25) is 0 Å². The molecule has 7 heteroatoms. The van der Waals surface area contributed by atoms with Crippen molar-refractivity contribution >= 4 is 22.2 Å². The van der Waals surface area contributed by atoms with Crippen LogP contribution >= 0.6 is 7.60 Å². The summed E-state index contributed by atoms with van der Waals surface area (Å²) in [7, 11) is 0.986. The van der Waals surface area contributed by atoms with E-state index in [2.05, 4.69) is 0 Å². The Hall–Kier alpha value is -0.493. The highest BCUT2D eigenvalue weighted by molar-refractivity contribution is 7.62. The summed E-state index contributed by atoms with van der Waals surface area (Å²) in [6.45, 7) is 0. The maximum Gasteiger partial charge on any atom is 0.361 e. The molecule has 0 heterocycles. The molecule has 0 aromatic heterocycles. The van der Waals surface area contributed by atoms with Crippen LogP contribution in [0.4, 0.5) is 0 Å². The summed E-state index contributed by atoms with van der Waals surface area (Å²) < 4.78 is 33.0. The van der Waals surface area contributed by atoms with Gasteiger partial charge in [0, 0.05) is 34.5 Å². The van der Waals surface area contributed by atoms with E-state index in [4.69, 9.17) is 17.9 Å². The normalized spacial score (nSPS) is 12.1. The van der Waals surface area contributed by atoms with Crippen LogP contribution in [0.3, 0.4) is 0 Å². The SMILES string of the molecule is CO[SiH](Cc1ccccc1P(=O)(OC)OC)OC. The second-order valence-corrected chi connectivity index (χ2v) is 8.01. The predicted octanol–water partition coefficient (Wildman–Crippen LogP) is 1.39. The molecule has 0 N–H and O–H groups in total. The summed E-state index contributed by atoms with van der Waals surface area (Å²) >= 11 is 0. The molecule has 0 aliphatic carbocycles. The third-order valence-electron chi connectivity index (χ3n) is 2.68. The third-order valence-corrected chi connectivity index (χ3v) is 6.49. The molecule has 5 nitrogen and oxygen atoms in total. The molecule has 0 aliphatic rings. The lowest BCUT2D eigenvalue weighted by Crippen LogP contribution is -2.26. The van der Waals surface area contributed by atoms with Crippen molar-refractivity contribution in [3.05, 3.63) is 29.8 Å². The fourth-order valence-electron chi connectivity index (χ4n) is 1.66. The Balaban J connectivity index is 3.10. The number of benzene rings is 1. The second kappa shape index (κ2) is 7.18. The Morgan fingerprint density at radius 2 is 1.61 bits per heavy atom. The van der Waals surface area contributed by atoms with Crippen molar-refractivity contribution in [1.29, 1.82) is 0 Å². The van der Waals surface area contributed by atoms with E-state index in [0.717, 1.165) is 5.56 Å². The molecule has 0 atom stereocenters. The number of hydrogen-bond acceptors (Lipinski definition) is 5. The lowest BCUT2D eigenvalue weighted by molar-refractivity contribution is 0.277. The molecular formula is C11H19O5PSi. The van der Waals surface area contributed by atoms with E-state index in [1.54, 1.807) is 26.4 Å². The van der Waals surface area contributed by atoms with Crippen molar-refractivity contribution in [2.24, 2.45) is 0 Å². The summed E-state index contributed by atoms with van der Waals surface area (Å²) in [5.41, 5.74) is 0.880. The van der Waals surface area contributed by atoms with Crippen molar-refractivity contribution in [2.45, 2.75) is 6.04 Å². The monoisotopic (exact) mass is 290 g/mol. The van der Waals surface area contributed by atoms with Gasteiger partial charge < -0.3 is 17.9 Å². The fraction of sp³-hybridized carbons (Fsp3) is 0.455. The van der Waals surface area contributed by atoms with Crippen molar-refractivity contribution in [3.8, 4) is 0 Å². The minimum absolute atomic E-state index is 0.571. The molecule has 1 aromatic rings. The molecule has 0 saturated heterocycles. The first-order valence-corrected chi connectivity index (χ1v) is 8.77. The van der Waals surface area contributed by atoms with Crippen molar-refractivity contribution in [3.63, 3.8) is 0 Å². The van der Waals surface area contributed by atoms with Crippen LogP contribution in [0.25, 0.3) is 0 Å². The first kappa shape index (κ1) is 15.6. The largest absolute Gasteiger partial charge is 0.400 e. The van der Waals surface area contributed by atoms with Crippen LogP contribution in [0, 0.1) is 0 Å². The van der Waals surface area contributed by atoms with Crippen LogP contribution < -0.4 is 5.30 Å². The molecule has 0 unspecified atom stereocenters. The molecular weight excluding hydrogens is 271 g/mol. The van der Waals surface area contributed by atoms with Crippen molar-refractivity contribution in [1.82, 2.24) is 0 Å². The van der Waals surface area contributed by atoms with Crippen LogP contribution in [-0.4, -0.2) is 37.7 Å². The van der Waals surface area contributed by atoms with Crippen molar-refractivity contribution in [2.75, 3.05) is 28.4 Å². The van der Waals surface area contributed by atoms with Crippen molar-refractivity contribution < 1.29 is 22.5 Å². The Morgan fingerprint density at radius 3 is 2.11 bits per heavy atom. The average molecular weight is 290 g/mol. The van der Waals surface area contributed by atoms with E-state index in [-0.39, 0.29) is 0 Å². The minimum Gasteiger partial charge on any atom is -0.400 e. The summed E-state index contributed by atoms with van der Waals surface area (Å²) in [5.74, 6) is 0. The Kier molecular flexibility index (Phi) is 6.21. The zero-order chi connectivity index (χ0) is 13.6. The predicted molar refractivity (Wildman–Crippen MR) is 72.6 cm³/mol. The summed E-state index contributed by atoms with van der Waals surface area (Å²) in [6, 6.07) is 7.93. The maximum atomic E-state index is 12.4. The quantitative estimate of drug-likeness (QED) is 0.561. The van der Waals surface area contributed by atoms with Gasteiger partial charge in [-0.15, -0.1) is 0 Å².